The Balaban J connectivity index is 1.73. The van der Waals surface area contributed by atoms with Crippen molar-refractivity contribution in [1.29, 1.82) is 0 Å². The fourth-order valence-electron chi connectivity index (χ4n) is 3.30. The van der Waals surface area contributed by atoms with Crippen molar-refractivity contribution in [2.45, 2.75) is 51.1 Å². The lowest BCUT2D eigenvalue weighted by Crippen LogP contribution is -2.42. The number of amides is 1. The van der Waals surface area contributed by atoms with E-state index in [1.54, 1.807) is 10.9 Å². The van der Waals surface area contributed by atoms with E-state index in [9.17, 15) is 4.79 Å². The number of halogens is 1. The molecule has 2 aromatic rings. The first-order valence-corrected chi connectivity index (χ1v) is 8.41. The smallest absolute Gasteiger partial charge is 0.252 e. The van der Waals surface area contributed by atoms with Gasteiger partial charge in [-0.2, -0.15) is 0 Å². The summed E-state index contributed by atoms with van der Waals surface area (Å²) in [6, 6.07) is 0. The number of carbonyl (C=O) groups excluding carboxylic acids is 1. The molecule has 2 fully saturated rings. The summed E-state index contributed by atoms with van der Waals surface area (Å²) in [7, 11) is 0. The molecule has 2 aromatic heterocycles. The standard InChI is InChI=1S/C15H18ClN5O4/c1-4-17-13(22)9-8-10(25-15(2,3)24-8)14(23-9)21-6-20-7-11(16)18-5-19-12(7)21/h5-6,8-10,14H,4H2,1-3H3,(H,17,22)/t8-,9-,10+,14+/m0/s1. The fraction of sp³-hybridized carbons (Fsp3) is 0.600. The molecule has 1 amide bonds. The molecule has 9 nitrogen and oxygen atoms in total. The summed E-state index contributed by atoms with van der Waals surface area (Å²) in [5, 5.41) is 3.02. The van der Waals surface area contributed by atoms with Crippen LogP contribution in [0.15, 0.2) is 12.7 Å². The lowest BCUT2D eigenvalue weighted by Gasteiger charge is -2.24. The van der Waals surface area contributed by atoms with Gasteiger partial charge in [-0.3, -0.25) is 9.36 Å². The quantitative estimate of drug-likeness (QED) is 0.808. The Morgan fingerprint density at radius 2 is 2.08 bits per heavy atom. The Labute approximate surface area is 148 Å². The second-order valence-corrected chi connectivity index (χ2v) is 6.75. The number of aromatic nitrogens is 4. The van der Waals surface area contributed by atoms with Crippen LogP contribution in [0.3, 0.4) is 0 Å². The summed E-state index contributed by atoms with van der Waals surface area (Å²) in [6.45, 7) is 5.96. The molecule has 0 saturated carbocycles. The molecule has 2 aliphatic heterocycles. The van der Waals surface area contributed by atoms with Crippen molar-refractivity contribution in [2.24, 2.45) is 0 Å². The highest BCUT2D eigenvalue weighted by atomic mass is 35.5. The first-order chi connectivity index (χ1) is 11.9. The lowest BCUT2D eigenvalue weighted by molar-refractivity contribution is -0.197. The van der Waals surface area contributed by atoms with Crippen LogP contribution in [0.5, 0.6) is 0 Å². The van der Waals surface area contributed by atoms with Gasteiger partial charge in [0, 0.05) is 6.54 Å². The molecular weight excluding hydrogens is 350 g/mol. The number of carbonyl (C=O) groups is 1. The van der Waals surface area contributed by atoms with E-state index >= 15 is 0 Å². The molecule has 4 heterocycles. The van der Waals surface area contributed by atoms with Crippen molar-refractivity contribution in [3.8, 4) is 0 Å². The molecule has 1 N–H and O–H groups in total. The monoisotopic (exact) mass is 367 g/mol. The fourth-order valence-corrected chi connectivity index (χ4v) is 3.47. The predicted molar refractivity (Wildman–Crippen MR) is 86.8 cm³/mol. The maximum absolute atomic E-state index is 12.4. The average Bonchev–Trinajstić information content (AvgIpc) is 3.18. The molecule has 0 unspecified atom stereocenters. The van der Waals surface area contributed by atoms with Gasteiger partial charge in [0.2, 0.25) is 0 Å². The van der Waals surface area contributed by atoms with E-state index in [-0.39, 0.29) is 11.1 Å². The molecule has 2 aliphatic rings. The molecule has 2 saturated heterocycles. The minimum Gasteiger partial charge on any atom is -0.354 e. The molecule has 4 atom stereocenters. The van der Waals surface area contributed by atoms with E-state index in [2.05, 4.69) is 20.3 Å². The topological polar surface area (TPSA) is 100 Å². The largest absolute Gasteiger partial charge is 0.354 e. The van der Waals surface area contributed by atoms with Gasteiger partial charge in [-0.15, -0.1) is 0 Å². The number of fused-ring (bicyclic) bond motifs is 2. The number of likely N-dealkylation sites (N-methyl/N-ethyl adjacent to an activating group) is 1. The molecule has 0 spiro atoms. The van der Waals surface area contributed by atoms with E-state index < -0.39 is 30.3 Å². The molecule has 0 aliphatic carbocycles. The molecule has 4 rings (SSSR count). The van der Waals surface area contributed by atoms with Gasteiger partial charge in [0.15, 0.2) is 28.9 Å². The van der Waals surface area contributed by atoms with E-state index in [1.807, 2.05) is 20.8 Å². The summed E-state index contributed by atoms with van der Waals surface area (Å²) in [6.07, 6.45) is 0.505. The minimum atomic E-state index is -0.814. The number of imidazole rings is 1. The highest BCUT2D eigenvalue weighted by Gasteiger charge is 2.58. The Morgan fingerprint density at radius 3 is 2.84 bits per heavy atom. The van der Waals surface area contributed by atoms with Gasteiger partial charge >= 0.3 is 0 Å². The van der Waals surface area contributed by atoms with Crippen molar-refractivity contribution in [1.82, 2.24) is 24.8 Å². The first kappa shape index (κ1) is 16.6. The SMILES string of the molecule is CCNC(=O)[C@H]1O[C@@H](n2cnc3c(Cl)ncnc32)[C@@H]2OC(C)(C)O[C@H]21. The third-order valence-corrected chi connectivity index (χ3v) is 4.50. The van der Waals surface area contributed by atoms with Crippen LogP contribution in [0.2, 0.25) is 5.15 Å². The predicted octanol–water partition coefficient (Wildman–Crippen LogP) is 1.03. The first-order valence-electron chi connectivity index (χ1n) is 8.03. The highest BCUT2D eigenvalue weighted by molar-refractivity contribution is 6.33. The van der Waals surface area contributed by atoms with Crippen LogP contribution in [-0.4, -0.2) is 56.1 Å². The average molecular weight is 368 g/mol. The minimum absolute atomic E-state index is 0.238. The number of nitrogens with zero attached hydrogens (tertiary/aromatic N) is 4. The molecule has 134 valence electrons. The third-order valence-electron chi connectivity index (χ3n) is 4.23. The van der Waals surface area contributed by atoms with Crippen molar-refractivity contribution < 1.29 is 19.0 Å². The summed E-state index contributed by atoms with van der Waals surface area (Å²) in [5.74, 6) is -1.05. The van der Waals surface area contributed by atoms with Gasteiger partial charge in [0.1, 0.15) is 24.1 Å². The van der Waals surface area contributed by atoms with Crippen LogP contribution in [0, 0.1) is 0 Å². The number of rotatable bonds is 3. The van der Waals surface area contributed by atoms with Crippen LogP contribution in [0.1, 0.15) is 27.0 Å². The zero-order valence-electron chi connectivity index (χ0n) is 14.0. The molecule has 0 bridgehead atoms. The second-order valence-electron chi connectivity index (χ2n) is 6.40. The summed E-state index contributed by atoms with van der Waals surface area (Å²) in [5.41, 5.74) is 0.970. The maximum atomic E-state index is 12.4. The molecule has 0 aromatic carbocycles. The van der Waals surface area contributed by atoms with Crippen LogP contribution < -0.4 is 5.32 Å². The summed E-state index contributed by atoms with van der Waals surface area (Å²) < 4.78 is 19.6. The number of nitrogens with one attached hydrogen (secondary N) is 1. The van der Waals surface area contributed by atoms with Gasteiger partial charge < -0.3 is 19.5 Å². The van der Waals surface area contributed by atoms with Crippen LogP contribution in [0.4, 0.5) is 0 Å². The van der Waals surface area contributed by atoms with Gasteiger partial charge in [0.05, 0.1) is 6.33 Å². The van der Waals surface area contributed by atoms with E-state index in [0.29, 0.717) is 17.7 Å². The zero-order valence-corrected chi connectivity index (χ0v) is 14.7. The second kappa shape index (κ2) is 5.87. The molecule has 10 heteroatoms. The van der Waals surface area contributed by atoms with Gasteiger partial charge in [-0.25, -0.2) is 15.0 Å². The molecule has 0 radical (unpaired) electrons. The number of hydrogen-bond acceptors (Lipinski definition) is 7. The van der Waals surface area contributed by atoms with Crippen LogP contribution in [0.25, 0.3) is 11.2 Å². The number of hydrogen-bond donors (Lipinski definition) is 1. The van der Waals surface area contributed by atoms with Crippen LogP contribution >= 0.6 is 11.6 Å². The van der Waals surface area contributed by atoms with Crippen molar-refractivity contribution in [3.05, 3.63) is 17.8 Å². The third kappa shape index (κ3) is 2.67. The van der Waals surface area contributed by atoms with Gasteiger partial charge in [0.25, 0.3) is 5.91 Å². The number of ether oxygens (including phenoxy) is 3. The maximum Gasteiger partial charge on any atom is 0.252 e. The Morgan fingerprint density at radius 1 is 1.32 bits per heavy atom. The highest BCUT2D eigenvalue weighted by Crippen LogP contribution is 2.43. The van der Waals surface area contributed by atoms with E-state index in [4.69, 9.17) is 25.8 Å². The normalized spacial score (nSPS) is 30.6. The molecular formula is C15H18ClN5O4. The Bertz CT molecular complexity index is 825. The lowest BCUT2D eigenvalue weighted by atomic mass is 10.1. The van der Waals surface area contributed by atoms with Crippen molar-refractivity contribution in [2.75, 3.05) is 6.54 Å². The Hall–Kier alpha value is -1.81. The van der Waals surface area contributed by atoms with Crippen LogP contribution in [-0.2, 0) is 19.0 Å². The summed E-state index contributed by atoms with van der Waals surface area (Å²) >= 11 is 6.07. The van der Waals surface area contributed by atoms with E-state index in [0.717, 1.165) is 0 Å². The Kier molecular flexibility index (Phi) is 3.91. The van der Waals surface area contributed by atoms with Crippen molar-refractivity contribution >= 4 is 28.7 Å². The van der Waals surface area contributed by atoms with Gasteiger partial charge in [-0.1, -0.05) is 11.6 Å². The van der Waals surface area contributed by atoms with E-state index in [1.165, 1.54) is 6.33 Å². The van der Waals surface area contributed by atoms with Gasteiger partial charge in [-0.05, 0) is 20.8 Å². The molecule has 25 heavy (non-hydrogen) atoms. The van der Waals surface area contributed by atoms with Crippen molar-refractivity contribution in [3.63, 3.8) is 0 Å². The summed E-state index contributed by atoms with van der Waals surface area (Å²) in [4.78, 5) is 24.8. The zero-order chi connectivity index (χ0) is 17.8.